The van der Waals surface area contributed by atoms with Crippen LogP contribution < -0.4 is 10.9 Å². The van der Waals surface area contributed by atoms with Gasteiger partial charge in [0.15, 0.2) is 9.84 Å². The monoisotopic (exact) mass is 411 g/mol. The number of furan rings is 1. The Bertz CT molecular complexity index is 1430. The molecule has 2 aromatic heterocycles. The number of para-hydroxylation sites is 1. The maximum absolute atomic E-state index is 12.7. The highest BCUT2D eigenvalue weighted by Crippen LogP contribution is 2.24. The zero-order chi connectivity index (χ0) is 20.8. The van der Waals surface area contributed by atoms with E-state index in [4.69, 9.17) is 4.42 Å². The quantitative estimate of drug-likeness (QED) is 0.552. The Labute approximate surface area is 165 Å². The van der Waals surface area contributed by atoms with Crippen molar-refractivity contribution in [2.45, 2.75) is 18.4 Å². The van der Waals surface area contributed by atoms with E-state index in [1.165, 1.54) is 18.5 Å². The molecule has 4 rings (SSSR count). The highest BCUT2D eigenvalue weighted by Gasteiger charge is 2.16. The van der Waals surface area contributed by atoms with Crippen molar-refractivity contribution in [2.24, 2.45) is 0 Å². The van der Waals surface area contributed by atoms with Crippen LogP contribution in [0.1, 0.15) is 5.56 Å². The number of benzene rings is 2. The van der Waals surface area contributed by atoms with E-state index in [-0.39, 0.29) is 17.0 Å². The highest BCUT2D eigenvalue weighted by molar-refractivity contribution is 7.90. The zero-order valence-corrected chi connectivity index (χ0v) is 16.5. The average Bonchev–Trinajstić information content (AvgIpc) is 3.04. The van der Waals surface area contributed by atoms with Gasteiger partial charge in [-0.3, -0.25) is 14.2 Å². The predicted molar refractivity (Wildman–Crippen MR) is 109 cm³/mol. The van der Waals surface area contributed by atoms with Crippen LogP contribution in [0.5, 0.6) is 0 Å². The van der Waals surface area contributed by atoms with Crippen LogP contribution in [0.15, 0.2) is 62.9 Å². The molecule has 148 valence electrons. The summed E-state index contributed by atoms with van der Waals surface area (Å²) in [6.07, 6.45) is 2.39. The Morgan fingerprint density at radius 3 is 2.72 bits per heavy atom. The van der Waals surface area contributed by atoms with E-state index in [2.05, 4.69) is 10.3 Å². The predicted octanol–water partition coefficient (Wildman–Crippen LogP) is 2.49. The Morgan fingerprint density at radius 1 is 1.21 bits per heavy atom. The molecule has 9 heteroatoms. The summed E-state index contributed by atoms with van der Waals surface area (Å²) in [6, 6.07) is 11.7. The molecule has 4 aromatic rings. The van der Waals surface area contributed by atoms with Gasteiger partial charge in [0.2, 0.25) is 11.5 Å². The van der Waals surface area contributed by atoms with Crippen LogP contribution in [-0.2, 0) is 21.2 Å². The second kappa shape index (κ2) is 6.85. The normalized spacial score (nSPS) is 11.8. The van der Waals surface area contributed by atoms with Crippen molar-refractivity contribution in [3.63, 3.8) is 0 Å². The second-order valence-corrected chi connectivity index (χ2v) is 8.77. The lowest BCUT2D eigenvalue weighted by Gasteiger charge is -2.11. The number of carbonyl (C=O) groups is 1. The molecule has 29 heavy (non-hydrogen) atoms. The third kappa shape index (κ3) is 3.52. The number of hydrogen-bond donors (Lipinski definition) is 1. The fourth-order valence-corrected chi connectivity index (χ4v) is 3.69. The number of aromatic nitrogens is 2. The first kappa shape index (κ1) is 18.9. The number of aryl methyl sites for hydroxylation is 1. The summed E-state index contributed by atoms with van der Waals surface area (Å²) in [5, 5.41) is 3.38. The molecule has 0 bridgehead atoms. The Hall–Kier alpha value is -3.46. The molecule has 8 nitrogen and oxygen atoms in total. The van der Waals surface area contributed by atoms with Crippen LogP contribution in [0.2, 0.25) is 0 Å². The van der Waals surface area contributed by atoms with E-state index < -0.39 is 21.3 Å². The largest absolute Gasteiger partial charge is 0.448 e. The van der Waals surface area contributed by atoms with Crippen LogP contribution in [0.25, 0.3) is 22.1 Å². The summed E-state index contributed by atoms with van der Waals surface area (Å²) >= 11 is 0. The molecule has 0 unspecified atom stereocenters. The molecule has 0 aliphatic rings. The number of rotatable bonds is 4. The molecule has 2 heterocycles. The molecule has 0 aliphatic carbocycles. The van der Waals surface area contributed by atoms with Gasteiger partial charge in [0.1, 0.15) is 17.6 Å². The van der Waals surface area contributed by atoms with Gasteiger partial charge < -0.3 is 9.73 Å². The topological polar surface area (TPSA) is 111 Å². The summed E-state index contributed by atoms with van der Waals surface area (Å²) in [6.45, 7) is 1.46. The maximum Gasteiger partial charge on any atom is 0.297 e. The van der Waals surface area contributed by atoms with Crippen LogP contribution >= 0.6 is 0 Å². The lowest BCUT2D eigenvalue weighted by molar-refractivity contribution is -0.116. The van der Waals surface area contributed by atoms with Gasteiger partial charge in [-0.25, -0.2) is 13.4 Å². The van der Waals surface area contributed by atoms with Crippen molar-refractivity contribution in [3.05, 3.63) is 64.7 Å². The number of amides is 1. The van der Waals surface area contributed by atoms with Gasteiger partial charge >= 0.3 is 0 Å². The van der Waals surface area contributed by atoms with Crippen LogP contribution in [0.3, 0.4) is 0 Å². The average molecular weight is 411 g/mol. The lowest BCUT2D eigenvalue weighted by atomic mass is 10.2. The van der Waals surface area contributed by atoms with Gasteiger partial charge in [-0.1, -0.05) is 18.2 Å². The zero-order valence-electron chi connectivity index (χ0n) is 15.7. The van der Waals surface area contributed by atoms with Crippen molar-refractivity contribution in [3.8, 4) is 0 Å². The van der Waals surface area contributed by atoms with Crippen molar-refractivity contribution in [2.75, 3.05) is 11.6 Å². The third-order valence-corrected chi connectivity index (χ3v) is 5.69. The number of sulfone groups is 1. The molecule has 1 N–H and O–H groups in total. The number of fused-ring (bicyclic) bond motifs is 3. The fraction of sp³-hybridized carbons (Fsp3) is 0.150. The molecule has 0 fully saturated rings. The van der Waals surface area contributed by atoms with Gasteiger partial charge in [-0.2, -0.15) is 0 Å². The van der Waals surface area contributed by atoms with E-state index in [0.717, 1.165) is 16.2 Å². The van der Waals surface area contributed by atoms with Gasteiger partial charge in [0.05, 0.1) is 11.2 Å². The smallest absolute Gasteiger partial charge is 0.297 e. The van der Waals surface area contributed by atoms with Crippen LogP contribution in [0, 0.1) is 6.92 Å². The Balaban J connectivity index is 1.64. The molecule has 0 saturated heterocycles. The van der Waals surface area contributed by atoms with Crippen molar-refractivity contribution in [1.29, 1.82) is 0 Å². The SMILES string of the molecule is Cc1ccc(S(C)(=O)=O)cc1NC(=O)Cn1cnc2c(oc3ccccc32)c1=O. The molecule has 0 aliphatic heterocycles. The number of anilines is 1. The van der Waals surface area contributed by atoms with Gasteiger partial charge in [-0.15, -0.1) is 0 Å². The minimum Gasteiger partial charge on any atom is -0.448 e. The summed E-state index contributed by atoms with van der Waals surface area (Å²) < 4.78 is 30.2. The molecule has 1 amide bonds. The van der Waals surface area contributed by atoms with Crippen LogP contribution in [0.4, 0.5) is 5.69 Å². The first-order valence-corrected chi connectivity index (χ1v) is 10.6. The minimum absolute atomic E-state index is 0.0803. The van der Waals surface area contributed by atoms with Crippen molar-refractivity contribution in [1.82, 2.24) is 9.55 Å². The highest BCUT2D eigenvalue weighted by atomic mass is 32.2. The van der Waals surface area contributed by atoms with E-state index in [1.54, 1.807) is 25.1 Å². The van der Waals surface area contributed by atoms with Gasteiger partial charge in [0, 0.05) is 17.3 Å². The summed E-state index contributed by atoms with van der Waals surface area (Å²) in [7, 11) is -3.41. The van der Waals surface area contributed by atoms with E-state index in [9.17, 15) is 18.0 Å². The van der Waals surface area contributed by atoms with E-state index in [1.807, 2.05) is 12.1 Å². The third-order valence-electron chi connectivity index (χ3n) is 4.58. The Morgan fingerprint density at radius 2 is 1.97 bits per heavy atom. The molecule has 0 radical (unpaired) electrons. The molecular weight excluding hydrogens is 394 g/mol. The number of nitrogens with zero attached hydrogens (tertiary/aromatic N) is 2. The van der Waals surface area contributed by atoms with Gasteiger partial charge in [-0.05, 0) is 36.8 Å². The van der Waals surface area contributed by atoms with Crippen LogP contribution in [-0.4, -0.2) is 30.1 Å². The summed E-state index contributed by atoms with van der Waals surface area (Å²) in [4.78, 5) is 29.5. The van der Waals surface area contributed by atoms with Gasteiger partial charge in [0.25, 0.3) is 5.56 Å². The van der Waals surface area contributed by atoms with E-state index >= 15 is 0 Å². The molecule has 0 saturated carbocycles. The van der Waals surface area contributed by atoms with E-state index in [0.29, 0.717) is 22.4 Å². The number of nitrogens with one attached hydrogen (secondary N) is 1. The number of carbonyl (C=O) groups excluding carboxylic acids is 1. The maximum atomic E-state index is 12.7. The molecule has 0 spiro atoms. The summed E-state index contributed by atoms with van der Waals surface area (Å²) in [5.41, 5.74) is 1.66. The molecule has 2 aromatic carbocycles. The Kier molecular flexibility index (Phi) is 4.46. The number of hydrogen-bond acceptors (Lipinski definition) is 6. The fourth-order valence-electron chi connectivity index (χ4n) is 3.04. The minimum atomic E-state index is -3.41. The van der Waals surface area contributed by atoms with Crippen molar-refractivity contribution < 1.29 is 17.6 Å². The molecule has 0 atom stereocenters. The standard InChI is InChI=1S/C20H17N3O5S/c1-12-7-8-13(29(2,26)27)9-15(12)22-17(24)10-23-11-21-18-14-5-3-4-6-16(14)28-19(18)20(23)25/h3-9,11H,10H2,1-2H3,(H,22,24). The first-order chi connectivity index (χ1) is 13.7. The first-order valence-electron chi connectivity index (χ1n) is 8.71. The lowest BCUT2D eigenvalue weighted by Crippen LogP contribution is -2.27. The van der Waals surface area contributed by atoms with Crippen molar-refractivity contribution >= 4 is 43.5 Å². The molecular formula is C20H17N3O5S. The second-order valence-electron chi connectivity index (χ2n) is 6.75. The summed E-state index contributed by atoms with van der Waals surface area (Å²) in [5.74, 6) is -0.488.